The average Bonchev–Trinajstić information content (AvgIpc) is 3.35. The molecule has 2 aromatic rings. The van der Waals surface area contributed by atoms with Crippen molar-refractivity contribution >= 4 is 34.9 Å². The maximum absolute atomic E-state index is 14.2. The van der Waals surface area contributed by atoms with E-state index in [2.05, 4.69) is 10.5 Å². The average molecular weight is 486 g/mol. The molecule has 2 aliphatic rings. The van der Waals surface area contributed by atoms with Crippen LogP contribution in [0.5, 0.6) is 0 Å². The second kappa shape index (κ2) is 8.48. The van der Waals surface area contributed by atoms with Gasteiger partial charge in [0.25, 0.3) is 11.5 Å². The monoisotopic (exact) mass is 485 g/mol. The fourth-order valence-electron chi connectivity index (χ4n) is 3.90. The van der Waals surface area contributed by atoms with Gasteiger partial charge in [-0.2, -0.15) is 13.2 Å². The van der Waals surface area contributed by atoms with Gasteiger partial charge in [0.15, 0.2) is 0 Å². The van der Waals surface area contributed by atoms with Crippen molar-refractivity contribution in [3.8, 4) is 0 Å². The quantitative estimate of drug-likeness (QED) is 0.609. The maximum Gasteiger partial charge on any atom is 0.435 e. The van der Waals surface area contributed by atoms with Crippen molar-refractivity contribution in [2.24, 2.45) is 5.16 Å². The number of hydrogen-bond donors (Lipinski definition) is 1. The van der Waals surface area contributed by atoms with E-state index in [-0.39, 0.29) is 27.4 Å². The third kappa shape index (κ3) is 4.13. The molecule has 4 rings (SSSR count). The maximum atomic E-state index is 14.2. The second-order valence-electron chi connectivity index (χ2n) is 7.85. The molecule has 0 aromatic heterocycles. The van der Waals surface area contributed by atoms with Crippen LogP contribution in [0.2, 0.25) is 10.0 Å². The smallest absolute Gasteiger partial charge is 0.372 e. The Bertz CT molecular complexity index is 1070. The molecule has 0 fully saturated rings. The van der Waals surface area contributed by atoms with Gasteiger partial charge in [-0.1, -0.05) is 41.3 Å². The van der Waals surface area contributed by atoms with E-state index in [1.165, 1.54) is 18.2 Å². The highest BCUT2D eigenvalue weighted by atomic mass is 35.5. The van der Waals surface area contributed by atoms with Gasteiger partial charge in [-0.05, 0) is 47.9 Å². The lowest BCUT2D eigenvalue weighted by molar-refractivity contribution is -0.275. The number of amidine groups is 1. The van der Waals surface area contributed by atoms with Gasteiger partial charge in [-0.15, -0.1) is 0 Å². The standard InChI is InChI=1S/C22H20Cl2F3N3O2/c1-2-5-28-20(31)13-3-4-14-11-30(12-15(14)6-13)19-10-21(32-29-19,22(25,26)27)16-7-17(23)9-18(24)8-16/h3-4,6-9H,2,5,10-12H2,1H3,(H,28,31). The van der Waals surface area contributed by atoms with Crippen LogP contribution in [0.1, 0.15) is 46.8 Å². The molecule has 1 unspecified atom stereocenters. The van der Waals surface area contributed by atoms with Crippen molar-refractivity contribution in [2.45, 2.75) is 44.6 Å². The van der Waals surface area contributed by atoms with Crippen LogP contribution >= 0.6 is 23.2 Å². The summed E-state index contributed by atoms with van der Waals surface area (Å²) in [6, 6.07) is 9.05. The normalized spacial score (nSPS) is 20.1. The molecule has 0 spiro atoms. The molecule has 1 amide bonds. The van der Waals surface area contributed by atoms with Gasteiger partial charge in [0.05, 0.1) is 6.42 Å². The fraction of sp³-hybridized carbons (Fsp3) is 0.364. The predicted molar refractivity (Wildman–Crippen MR) is 116 cm³/mol. The number of rotatable bonds is 4. The summed E-state index contributed by atoms with van der Waals surface area (Å²) in [4.78, 5) is 19.0. The number of nitrogens with zero attached hydrogens (tertiary/aromatic N) is 2. The number of oxime groups is 1. The van der Waals surface area contributed by atoms with Gasteiger partial charge in [0.2, 0.25) is 0 Å². The molecular weight excluding hydrogens is 466 g/mol. The number of alkyl halides is 3. The highest BCUT2D eigenvalue weighted by Gasteiger charge is 2.63. The zero-order valence-electron chi connectivity index (χ0n) is 17.1. The highest BCUT2D eigenvalue weighted by Crippen LogP contribution is 2.49. The van der Waals surface area contributed by atoms with E-state index >= 15 is 0 Å². The van der Waals surface area contributed by atoms with Gasteiger partial charge in [-0.25, -0.2) is 0 Å². The summed E-state index contributed by atoms with van der Waals surface area (Å²) in [5.74, 6) is -0.00447. The summed E-state index contributed by atoms with van der Waals surface area (Å²) >= 11 is 11.9. The predicted octanol–water partition coefficient (Wildman–Crippen LogP) is 5.64. The molecule has 5 nitrogen and oxygen atoms in total. The molecular formula is C22H20Cl2F3N3O2. The molecule has 0 bridgehead atoms. The van der Waals surface area contributed by atoms with Crippen molar-refractivity contribution in [1.82, 2.24) is 10.2 Å². The summed E-state index contributed by atoms with van der Waals surface area (Å²) in [5.41, 5.74) is -0.562. The summed E-state index contributed by atoms with van der Waals surface area (Å²) < 4.78 is 42.6. The molecule has 2 aliphatic heterocycles. The molecule has 10 heteroatoms. The minimum Gasteiger partial charge on any atom is -0.372 e. The first-order chi connectivity index (χ1) is 15.1. The minimum absolute atomic E-state index is 0.0793. The molecule has 32 heavy (non-hydrogen) atoms. The van der Waals surface area contributed by atoms with Gasteiger partial charge in [0, 0.05) is 40.8 Å². The summed E-state index contributed by atoms with van der Waals surface area (Å²) in [7, 11) is 0. The Balaban J connectivity index is 1.56. The van der Waals surface area contributed by atoms with Crippen LogP contribution in [0, 0.1) is 0 Å². The fourth-order valence-corrected chi connectivity index (χ4v) is 4.43. The molecule has 0 aliphatic carbocycles. The van der Waals surface area contributed by atoms with Crippen molar-refractivity contribution in [1.29, 1.82) is 0 Å². The molecule has 0 radical (unpaired) electrons. The molecule has 1 N–H and O–H groups in total. The Morgan fingerprint density at radius 1 is 1.16 bits per heavy atom. The minimum atomic E-state index is -4.75. The van der Waals surface area contributed by atoms with E-state index in [0.717, 1.165) is 17.5 Å². The Labute approximate surface area is 193 Å². The van der Waals surface area contributed by atoms with E-state index < -0.39 is 18.2 Å². The third-order valence-electron chi connectivity index (χ3n) is 5.59. The van der Waals surface area contributed by atoms with E-state index in [1.54, 1.807) is 17.0 Å². The molecule has 0 saturated carbocycles. The Morgan fingerprint density at radius 2 is 1.84 bits per heavy atom. The SMILES string of the molecule is CCCNC(=O)c1ccc2c(c1)CN(C1=NOC(c3cc(Cl)cc(Cl)c3)(C(F)(F)F)C1)C2. The van der Waals surface area contributed by atoms with Crippen LogP contribution in [-0.4, -0.2) is 29.4 Å². The summed E-state index contributed by atoms with van der Waals surface area (Å²) in [6.45, 7) is 3.24. The first-order valence-corrected chi connectivity index (χ1v) is 10.8. The Morgan fingerprint density at radius 3 is 2.50 bits per heavy atom. The molecule has 2 aromatic carbocycles. The van der Waals surface area contributed by atoms with Crippen LogP contribution in [0.25, 0.3) is 0 Å². The number of halogens is 5. The number of hydrogen-bond acceptors (Lipinski definition) is 4. The zero-order valence-corrected chi connectivity index (χ0v) is 18.6. The largest absolute Gasteiger partial charge is 0.435 e. The van der Waals surface area contributed by atoms with Gasteiger partial charge >= 0.3 is 6.18 Å². The van der Waals surface area contributed by atoms with Crippen molar-refractivity contribution < 1.29 is 22.8 Å². The van der Waals surface area contributed by atoms with E-state index in [0.29, 0.717) is 25.2 Å². The van der Waals surface area contributed by atoms with Gasteiger partial charge < -0.3 is 15.1 Å². The summed E-state index contributed by atoms with van der Waals surface area (Å²) in [5, 5.41) is 6.79. The number of fused-ring (bicyclic) bond motifs is 1. The van der Waals surface area contributed by atoms with Crippen molar-refractivity contribution in [2.75, 3.05) is 6.54 Å². The van der Waals surface area contributed by atoms with Gasteiger partial charge in [-0.3, -0.25) is 4.79 Å². The zero-order chi connectivity index (χ0) is 23.1. The van der Waals surface area contributed by atoms with Crippen LogP contribution in [0.15, 0.2) is 41.6 Å². The lowest BCUT2D eigenvalue weighted by Gasteiger charge is -2.30. The van der Waals surface area contributed by atoms with E-state index in [4.69, 9.17) is 28.0 Å². The first kappa shape index (κ1) is 22.7. The topological polar surface area (TPSA) is 53.9 Å². The Hall–Kier alpha value is -2.45. The van der Waals surface area contributed by atoms with Gasteiger partial charge in [0.1, 0.15) is 5.84 Å². The number of amides is 1. The number of nitrogens with one attached hydrogen (secondary N) is 1. The second-order valence-corrected chi connectivity index (χ2v) is 8.73. The number of carbonyl (C=O) groups is 1. The molecule has 1 atom stereocenters. The molecule has 0 saturated heterocycles. The first-order valence-electron chi connectivity index (χ1n) is 10.1. The lowest BCUT2D eigenvalue weighted by Crippen LogP contribution is -2.43. The number of benzene rings is 2. The van der Waals surface area contributed by atoms with Crippen LogP contribution in [0.4, 0.5) is 13.2 Å². The van der Waals surface area contributed by atoms with Crippen LogP contribution < -0.4 is 5.32 Å². The lowest BCUT2D eigenvalue weighted by atomic mass is 9.89. The molecule has 2 heterocycles. The third-order valence-corrected chi connectivity index (χ3v) is 6.03. The summed E-state index contributed by atoms with van der Waals surface area (Å²) in [6.07, 6.45) is -4.43. The number of carbonyl (C=O) groups excluding carboxylic acids is 1. The van der Waals surface area contributed by atoms with Crippen LogP contribution in [0.3, 0.4) is 0 Å². The van der Waals surface area contributed by atoms with Crippen molar-refractivity contribution in [3.63, 3.8) is 0 Å². The van der Waals surface area contributed by atoms with Crippen molar-refractivity contribution in [3.05, 3.63) is 68.7 Å². The highest BCUT2D eigenvalue weighted by molar-refractivity contribution is 6.34. The Kier molecular flexibility index (Phi) is 6.02. The van der Waals surface area contributed by atoms with Crippen LogP contribution in [-0.2, 0) is 23.5 Å². The van der Waals surface area contributed by atoms with E-state index in [9.17, 15) is 18.0 Å². The van der Waals surface area contributed by atoms with E-state index in [1.807, 2.05) is 13.0 Å². The molecule has 170 valence electrons.